The van der Waals surface area contributed by atoms with Gasteiger partial charge in [0, 0.05) is 18.8 Å². The van der Waals surface area contributed by atoms with Crippen molar-refractivity contribution in [2.45, 2.75) is 45.3 Å². The van der Waals surface area contributed by atoms with Gasteiger partial charge in [0.05, 0.1) is 19.3 Å². The highest BCUT2D eigenvalue weighted by atomic mass is 16.6. The maximum Gasteiger partial charge on any atom is 0.410 e. The van der Waals surface area contributed by atoms with Gasteiger partial charge in [0.15, 0.2) is 0 Å². The highest BCUT2D eigenvalue weighted by Crippen LogP contribution is 2.22. The summed E-state index contributed by atoms with van der Waals surface area (Å²) >= 11 is 0. The number of nitrogens with zero attached hydrogens (tertiary/aromatic N) is 2. The lowest BCUT2D eigenvalue weighted by Gasteiger charge is -2.40. The number of pyridine rings is 1. The van der Waals surface area contributed by atoms with Gasteiger partial charge in [0.25, 0.3) is 0 Å². The Kier molecular flexibility index (Phi) is 6.60. The zero-order valence-corrected chi connectivity index (χ0v) is 15.7. The number of methoxy groups -OCH3 is 1. The number of hydrogen-bond acceptors (Lipinski definition) is 6. The van der Waals surface area contributed by atoms with E-state index < -0.39 is 11.6 Å². The van der Waals surface area contributed by atoms with Crippen molar-refractivity contribution in [3.8, 4) is 5.75 Å². The van der Waals surface area contributed by atoms with Crippen molar-refractivity contribution in [3.05, 3.63) is 36.2 Å². The average Bonchev–Trinajstić information content (AvgIpc) is 2.52. The Balaban J connectivity index is 1.84. The first-order valence-electron chi connectivity index (χ1n) is 8.59. The zero-order chi connectivity index (χ0) is 19.2. The third kappa shape index (κ3) is 6.06. The van der Waals surface area contributed by atoms with Crippen LogP contribution in [-0.2, 0) is 20.7 Å². The van der Waals surface area contributed by atoms with Gasteiger partial charge in [-0.15, -0.1) is 0 Å². The molecule has 142 valence electrons. The van der Waals surface area contributed by atoms with Crippen LogP contribution in [-0.4, -0.2) is 53.9 Å². The number of allylic oxidation sites excluding steroid dienone is 1. The highest BCUT2D eigenvalue weighted by molar-refractivity contribution is 5.81. The molecule has 0 N–H and O–H groups in total. The quantitative estimate of drug-likeness (QED) is 0.572. The molecule has 1 aliphatic heterocycles. The SMILES string of the molecule is COC(=O)C=CCc1cncc(OCC2CCN2C(=O)OC(C)(C)C)c1. The van der Waals surface area contributed by atoms with Crippen molar-refractivity contribution < 1.29 is 23.8 Å². The largest absolute Gasteiger partial charge is 0.490 e. The van der Waals surface area contributed by atoms with E-state index in [-0.39, 0.29) is 12.1 Å². The van der Waals surface area contributed by atoms with Crippen LogP contribution in [0.4, 0.5) is 4.79 Å². The highest BCUT2D eigenvalue weighted by Gasteiger charge is 2.35. The Morgan fingerprint density at radius 1 is 1.35 bits per heavy atom. The van der Waals surface area contributed by atoms with E-state index >= 15 is 0 Å². The summed E-state index contributed by atoms with van der Waals surface area (Å²) in [7, 11) is 1.34. The summed E-state index contributed by atoms with van der Waals surface area (Å²) in [5.41, 5.74) is 0.411. The molecule has 1 aliphatic rings. The van der Waals surface area contributed by atoms with Crippen LogP contribution in [0.15, 0.2) is 30.6 Å². The summed E-state index contributed by atoms with van der Waals surface area (Å²) < 4.78 is 15.7. The Hall–Kier alpha value is -2.57. The number of esters is 1. The minimum absolute atomic E-state index is 0.00715. The predicted molar refractivity (Wildman–Crippen MR) is 95.9 cm³/mol. The molecule has 2 heterocycles. The lowest BCUT2D eigenvalue weighted by molar-refractivity contribution is -0.134. The molecule has 0 spiro atoms. The fourth-order valence-electron chi connectivity index (χ4n) is 2.38. The second-order valence-electron chi connectivity index (χ2n) is 7.09. The van der Waals surface area contributed by atoms with Crippen LogP contribution in [0, 0.1) is 0 Å². The van der Waals surface area contributed by atoms with Gasteiger partial charge in [0.1, 0.15) is 18.0 Å². The van der Waals surface area contributed by atoms with E-state index in [1.165, 1.54) is 13.2 Å². The molecule has 1 unspecified atom stereocenters. The number of hydrogen-bond donors (Lipinski definition) is 0. The summed E-state index contributed by atoms with van der Waals surface area (Å²) in [5.74, 6) is 0.239. The number of carbonyl (C=O) groups excluding carboxylic acids is 2. The third-order valence-electron chi connectivity index (χ3n) is 3.79. The lowest BCUT2D eigenvalue weighted by atomic mass is 10.1. The van der Waals surface area contributed by atoms with E-state index in [1.54, 1.807) is 23.4 Å². The first-order chi connectivity index (χ1) is 12.3. The molecular formula is C19H26N2O5. The molecule has 2 rings (SSSR count). The molecule has 1 amide bonds. The van der Waals surface area contributed by atoms with Crippen molar-refractivity contribution in [2.24, 2.45) is 0 Å². The van der Waals surface area contributed by atoms with Gasteiger partial charge in [-0.3, -0.25) is 4.98 Å². The molecule has 0 aliphatic carbocycles. The lowest BCUT2D eigenvalue weighted by Crippen LogP contribution is -2.55. The molecule has 26 heavy (non-hydrogen) atoms. The van der Waals surface area contributed by atoms with Crippen LogP contribution in [0.25, 0.3) is 0 Å². The molecule has 1 fully saturated rings. The van der Waals surface area contributed by atoms with Gasteiger partial charge in [-0.2, -0.15) is 0 Å². The molecule has 7 nitrogen and oxygen atoms in total. The van der Waals surface area contributed by atoms with E-state index in [9.17, 15) is 9.59 Å². The number of rotatable bonds is 6. The normalized spacial score (nSPS) is 16.9. The van der Waals surface area contributed by atoms with Gasteiger partial charge in [-0.1, -0.05) is 6.08 Å². The van der Waals surface area contributed by atoms with E-state index in [0.29, 0.717) is 25.3 Å². The zero-order valence-electron chi connectivity index (χ0n) is 15.7. The second-order valence-corrected chi connectivity index (χ2v) is 7.09. The topological polar surface area (TPSA) is 78.0 Å². The maximum absolute atomic E-state index is 12.1. The van der Waals surface area contributed by atoms with E-state index in [4.69, 9.17) is 9.47 Å². The van der Waals surface area contributed by atoms with Crippen molar-refractivity contribution in [2.75, 3.05) is 20.3 Å². The Morgan fingerprint density at radius 3 is 2.73 bits per heavy atom. The van der Waals surface area contributed by atoms with Gasteiger partial charge in [-0.25, -0.2) is 9.59 Å². The van der Waals surface area contributed by atoms with Gasteiger partial charge < -0.3 is 19.1 Å². The average molecular weight is 362 g/mol. The molecule has 1 aromatic heterocycles. The fourth-order valence-corrected chi connectivity index (χ4v) is 2.38. The number of amides is 1. The first-order valence-corrected chi connectivity index (χ1v) is 8.59. The summed E-state index contributed by atoms with van der Waals surface area (Å²) in [5, 5.41) is 0. The number of aromatic nitrogens is 1. The van der Waals surface area contributed by atoms with Crippen molar-refractivity contribution >= 4 is 12.1 Å². The molecule has 0 bridgehead atoms. The van der Waals surface area contributed by atoms with E-state index in [2.05, 4.69) is 9.72 Å². The molecule has 0 aromatic carbocycles. The van der Waals surface area contributed by atoms with Gasteiger partial charge in [-0.05, 0) is 45.2 Å². The Bertz CT molecular complexity index is 666. The monoisotopic (exact) mass is 362 g/mol. The van der Waals surface area contributed by atoms with Crippen LogP contribution in [0.3, 0.4) is 0 Å². The van der Waals surface area contributed by atoms with E-state index in [1.807, 2.05) is 26.8 Å². The molecular weight excluding hydrogens is 336 g/mol. The predicted octanol–water partition coefficient (Wildman–Crippen LogP) is 2.74. The molecule has 0 radical (unpaired) electrons. The first kappa shape index (κ1) is 19.8. The minimum atomic E-state index is -0.506. The van der Waals surface area contributed by atoms with Gasteiger partial charge in [0.2, 0.25) is 0 Å². The maximum atomic E-state index is 12.1. The van der Waals surface area contributed by atoms with Crippen molar-refractivity contribution in [3.63, 3.8) is 0 Å². The van der Waals surface area contributed by atoms with Crippen LogP contribution < -0.4 is 4.74 Å². The number of ether oxygens (including phenoxy) is 3. The van der Waals surface area contributed by atoms with Crippen molar-refractivity contribution in [1.29, 1.82) is 0 Å². The molecule has 7 heteroatoms. The molecule has 0 saturated carbocycles. The van der Waals surface area contributed by atoms with Crippen LogP contribution in [0.5, 0.6) is 5.75 Å². The fraction of sp³-hybridized carbons (Fsp3) is 0.526. The number of likely N-dealkylation sites (tertiary alicyclic amines) is 1. The van der Waals surface area contributed by atoms with Crippen LogP contribution in [0.2, 0.25) is 0 Å². The minimum Gasteiger partial charge on any atom is -0.490 e. The Morgan fingerprint density at radius 2 is 2.12 bits per heavy atom. The standard InChI is InChI=1S/C19H26N2O5/c1-19(2,3)26-18(23)21-9-8-15(21)13-25-16-10-14(11-20-12-16)6-5-7-17(22)24-4/h5,7,10-12,15H,6,8-9,13H2,1-4H3. The molecule has 1 aromatic rings. The summed E-state index contributed by atoms with van der Waals surface area (Å²) in [6.07, 6.45) is 7.55. The van der Waals surface area contributed by atoms with E-state index in [0.717, 1.165) is 12.0 Å². The smallest absolute Gasteiger partial charge is 0.410 e. The van der Waals surface area contributed by atoms with Crippen molar-refractivity contribution in [1.82, 2.24) is 9.88 Å². The summed E-state index contributed by atoms with van der Waals surface area (Å²) in [6.45, 7) is 6.62. The summed E-state index contributed by atoms with van der Waals surface area (Å²) in [6, 6.07) is 1.87. The molecule has 1 saturated heterocycles. The summed E-state index contributed by atoms with van der Waals surface area (Å²) in [4.78, 5) is 29.0. The number of carbonyl (C=O) groups is 2. The van der Waals surface area contributed by atoms with Gasteiger partial charge >= 0.3 is 12.1 Å². The van der Waals surface area contributed by atoms with Crippen LogP contribution >= 0.6 is 0 Å². The molecule has 1 atom stereocenters. The third-order valence-corrected chi connectivity index (χ3v) is 3.79. The second kappa shape index (κ2) is 8.69. The van der Waals surface area contributed by atoms with Crippen LogP contribution in [0.1, 0.15) is 32.8 Å². The Labute approximate surface area is 153 Å².